The van der Waals surface area contributed by atoms with Crippen molar-refractivity contribution >= 4 is 17.5 Å². The molecule has 4 nitrogen and oxygen atoms in total. The summed E-state index contributed by atoms with van der Waals surface area (Å²) in [6.07, 6.45) is 0. The van der Waals surface area contributed by atoms with Gasteiger partial charge in [0.1, 0.15) is 0 Å². The van der Waals surface area contributed by atoms with Gasteiger partial charge in [0.15, 0.2) is 5.15 Å². The van der Waals surface area contributed by atoms with Crippen LogP contribution in [0, 0.1) is 6.92 Å². The van der Waals surface area contributed by atoms with Crippen molar-refractivity contribution in [3.8, 4) is 0 Å². The second-order valence-corrected chi connectivity index (χ2v) is 2.41. The Hall–Kier alpha value is -1.16. The molecule has 1 amide bonds. The number of amides is 1. The van der Waals surface area contributed by atoms with Crippen LogP contribution in [0.2, 0.25) is 5.15 Å². The number of carbonyl (C=O) groups is 1. The highest BCUT2D eigenvalue weighted by atomic mass is 35.5. The molecule has 1 aromatic rings. The first kappa shape index (κ1) is 7.94. The quantitative estimate of drug-likeness (QED) is 0.671. The lowest BCUT2D eigenvalue weighted by atomic mass is 10.2. The summed E-state index contributed by atoms with van der Waals surface area (Å²) in [4.78, 5) is 10.6. The van der Waals surface area contributed by atoms with E-state index in [1.807, 2.05) is 0 Å². The third-order valence-electron chi connectivity index (χ3n) is 1.14. The third kappa shape index (κ3) is 1.65. The maximum atomic E-state index is 10.6. The molecule has 0 spiro atoms. The number of nitrogens with two attached hydrogens (primary N) is 1. The molecule has 0 aliphatic carbocycles. The Morgan fingerprint density at radius 2 is 2.27 bits per heavy atom. The summed E-state index contributed by atoms with van der Waals surface area (Å²) in [7, 11) is 0. The number of hydrogen-bond acceptors (Lipinski definition) is 3. The van der Waals surface area contributed by atoms with E-state index in [1.54, 1.807) is 6.92 Å². The van der Waals surface area contributed by atoms with E-state index in [0.29, 0.717) is 5.69 Å². The standard InChI is InChI=1S/C6H6ClN3O/c1-3-2-4(6(8)11)5(7)10-9-3/h2H,1H3,(H2,8,11). The number of hydrogen-bond donors (Lipinski definition) is 1. The van der Waals surface area contributed by atoms with Gasteiger partial charge in [0.25, 0.3) is 5.91 Å². The first-order valence-corrected chi connectivity index (χ1v) is 3.28. The summed E-state index contributed by atoms with van der Waals surface area (Å²) in [5.74, 6) is -0.590. The molecule has 0 unspecified atom stereocenters. The predicted molar refractivity (Wildman–Crippen MR) is 40.3 cm³/mol. The van der Waals surface area contributed by atoms with Crippen LogP contribution < -0.4 is 5.73 Å². The number of primary amides is 1. The minimum Gasteiger partial charge on any atom is -0.366 e. The van der Waals surface area contributed by atoms with Gasteiger partial charge in [0.2, 0.25) is 0 Å². The monoisotopic (exact) mass is 171 g/mol. The molecule has 5 heteroatoms. The number of halogens is 1. The highest BCUT2D eigenvalue weighted by Gasteiger charge is 2.07. The van der Waals surface area contributed by atoms with Crippen molar-refractivity contribution in [2.75, 3.05) is 0 Å². The minimum atomic E-state index is -0.590. The number of rotatable bonds is 1. The summed E-state index contributed by atoms with van der Waals surface area (Å²) in [6.45, 7) is 1.70. The van der Waals surface area contributed by atoms with E-state index >= 15 is 0 Å². The van der Waals surface area contributed by atoms with Crippen LogP contribution in [-0.2, 0) is 0 Å². The van der Waals surface area contributed by atoms with E-state index in [2.05, 4.69) is 10.2 Å². The van der Waals surface area contributed by atoms with Crippen LogP contribution in [0.4, 0.5) is 0 Å². The maximum absolute atomic E-state index is 10.6. The van der Waals surface area contributed by atoms with Gasteiger partial charge in [-0.15, -0.1) is 5.10 Å². The molecule has 0 fully saturated rings. The van der Waals surface area contributed by atoms with Gasteiger partial charge in [-0.3, -0.25) is 4.79 Å². The van der Waals surface area contributed by atoms with E-state index in [-0.39, 0.29) is 10.7 Å². The Balaban J connectivity index is 3.23. The molecule has 2 N–H and O–H groups in total. The third-order valence-corrected chi connectivity index (χ3v) is 1.42. The zero-order chi connectivity index (χ0) is 8.43. The molecule has 11 heavy (non-hydrogen) atoms. The fraction of sp³-hybridized carbons (Fsp3) is 0.167. The van der Waals surface area contributed by atoms with Crippen LogP contribution in [0.5, 0.6) is 0 Å². The SMILES string of the molecule is Cc1cc(C(N)=O)c(Cl)nn1. The molecule has 0 aromatic carbocycles. The van der Waals surface area contributed by atoms with Gasteiger partial charge >= 0.3 is 0 Å². The topological polar surface area (TPSA) is 68.9 Å². The molecule has 0 radical (unpaired) electrons. The predicted octanol–water partition coefficient (Wildman–Crippen LogP) is 0.537. The van der Waals surface area contributed by atoms with E-state index in [9.17, 15) is 4.79 Å². The second kappa shape index (κ2) is 2.84. The normalized spacial score (nSPS) is 9.64. The Morgan fingerprint density at radius 3 is 2.73 bits per heavy atom. The summed E-state index contributed by atoms with van der Waals surface area (Å²) in [6, 6.07) is 1.50. The molecule has 1 rings (SSSR count). The van der Waals surface area contributed by atoms with Crippen LogP contribution >= 0.6 is 11.6 Å². The molecule has 0 saturated heterocycles. The molecule has 58 valence electrons. The summed E-state index contributed by atoms with van der Waals surface area (Å²) >= 11 is 5.52. The lowest BCUT2D eigenvalue weighted by Crippen LogP contribution is -2.13. The maximum Gasteiger partial charge on any atom is 0.251 e. The van der Waals surface area contributed by atoms with Gasteiger partial charge in [-0.25, -0.2) is 0 Å². The molecule has 0 bridgehead atoms. The van der Waals surface area contributed by atoms with Crippen molar-refractivity contribution in [3.05, 3.63) is 22.5 Å². The second-order valence-electron chi connectivity index (χ2n) is 2.05. The van der Waals surface area contributed by atoms with E-state index in [1.165, 1.54) is 6.07 Å². The van der Waals surface area contributed by atoms with Crippen molar-refractivity contribution in [1.82, 2.24) is 10.2 Å². The average Bonchev–Trinajstić information content (AvgIpc) is 1.94. The highest BCUT2D eigenvalue weighted by Crippen LogP contribution is 2.10. The van der Waals surface area contributed by atoms with Crippen LogP contribution in [0.1, 0.15) is 16.1 Å². The molecule has 1 aromatic heterocycles. The molecular formula is C6H6ClN3O. The van der Waals surface area contributed by atoms with Gasteiger partial charge < -0.3 is 5.73 Å². The number of aromatic nitrogens is 2. The van der Waals surface area contributed by atoms with Gasteiger partial charge in [-0.05, 0) is 13.0 Å². The van der Waals surface area contributed by atoms with E-state index < -0.39 is 5.91 Å². The van der Waals surface area contributed by atoms with Crippen LogP contribution in [-0.4, -0.2) is 16.1 Å². The van der Waals surface area contributed by atoms with Crippen molar-refractivity contribution in [2.24, 2.45) is 5.73 Å². The lowest BCUT2D eigenvalue weighted by Gasteiger charge is -1.97. The average molecular weight is 172 g/mol. The Bertz CT molecular complexity index is 300. The zero-order valence-corrected chi connectivity index (χ0v) is 6.59. The Morgan fingerprint density at radius 1 is 1.64 bits per heavy atom. The van der Waals surface area contributed by atoms with Crippen molar-refractivity contribution < 1.29 is 4.79 Å². The molecular weight excluding hydrogens is 166 g/mol. The largest absolute Gasteiger partial charge is 0.366 e. The van der Waals surface area contributed by atoms with Gasteiger partial charge in [-0.2, -0.15) is 5.10 Å². The van der Waals surface area contributed by atoms with Crippen molar-refractivity contribution in [2.45, 2.75) is 6.92 Å². The van der Waals surface area contributed by atoms with Gasteiger partial charge in [0.05, 0.1) is 11.3 Å². The first-order chi connectivity index (χ1) is 5.11. The zero-order valence-electron chi connectivity index (χ0n) is 5.84. The minimum absolute atomic E-state index is 0.0445. The van der Waals surface area contributed by atoms with Crippen LogP contribution in [0.3, 0.4) is 0 Å². The summed E-state index contributed by atoms with van der Waals surface area (Å²) < 4.78 is 0. The van der Waals surface area contributed by atoms with Gasteiger partial charge in [0, 0.05) is 0 Å². The Kier molecular flexibility index (Phi) is 2.05. The number of aryl methyl sites for hydroxylation is 1. The number of carbonyl (C=O) groups excluding carboxylic acids is 1. The fourth-order valence-corrected chi connectivity index (χ4v) is 0.832. The van der Waals surface area contributed by atoms with Crippen molar-refractivity contribution in [1.29, 1.82) is 0 Å². The first-order valence-electron chi connectivity index (χ1n) is 2.91. The van der Waals surface area contributed by atoms with Crippen LogP contribution in [0.15, 0.2) is 6.07 Å². The van der Waals surface area contributed by atoms with Crippen LogP contribution in [0.25, 0.3) is 0 Å². The lowest BCUT2D eigenvalue weighted by molar-refractivity contribution is 0.1000. The summed E-state index contributed by atoms with van der Waals surface area (Å²) in [5, 5.41) is 7.19. The molecule has 0 aliphatic heterocycles. The molecule has 1 heterocycles. The number of nitrogens with zero attached hydrogens (tertiary/aromatic N) is 2. The van der Waals surface area contributed by atoms with E-state index in [4.69, 9.17) is 17.3 Å². The van der Waals surface area contributed by atoms with E-state index in [0.717, 1.165) is 0 Å². The molecule has 0 atom stereocenters. The summed E-state index contributed by atoms with van der Waals surface area (Å²) in [5.41, 5.74) is 5.81. The molecule has 0 aliphatic rings. The Labute approximate surface area is 68.4 Å². The fourth-order valence-electron chi connectivity index (χ4n) is 0.647. The highest BCUT2D eigenvalue weighted by molar-refractivity contribution is 6.32. The molecule has 0 saturated carbocycles. The smallest absolute Gasteiger partial charge is 0.251 e. The van der Waals surface area contributed by atoms with Gasteiger partial charge in [-0.1, -0.05) is 11.6 Å². The van der Waals surface area contributed by atoms with Crippen molar-refractivity contribution in [3.63, 3.8) is 0 Å².